The zero-order valence-electron chi connectivity index (χ0n) is 16.5. The van der Waals surface area contributed by atoms with E-state index in [1.165, 1.54) is 18.3 Å². The fourth-order valence-corrected chi connectivity index (χ4v) is 4.10. The normalized spacial score (nSPS) is 13.3. The molecular formula is C21H21N3O4S. The lowest BCUT2D eigenvalue weighted by molar-refractivity contribution is 0.0972. The van der Waals surface area contributed by atoms with Gasteiger partial charge in [-0.05, 0) is 38.8 Å². The van der Waals surface area contributed by atoms with Gasteiger partial charge in [0.15, 0.2) is 16.6 Å². The van der Waals surface area contributed by atoms with Crippen LogP contribution < -0.4 is 9.64 Å². The Bertz CT molecular complexity index is 1050. The number of nitrogens with zero attached hydrogens (tertiary/aromatic N) is 3. The standard InChI is InChI=1S/C21H21N3O4S/c1-12-19(13(2)25)29-21(22-12)24(15-9-10-15)20(26)18-17(14(3)28-23-18)11-27-16-7-5-4-6-8-16/h4-8,15H,9-11H2,1-3H3. The van der Waals surface area contributed by atoms with E-state index >= 15 is 0 Å². The number of ether oxygens (including phenoxy) is 1. The third-order valence-electron chi connectivity index (χ3n) is 4.76. The number of carbonyl (C=O) groups excluding carboxylic acids is 2. The van der Waals surface area contributed by atoms with Gasteiger partial charge in [0.1, 0.15) is 18.1 Å². The molecular weight excluding hydrogens is 390 g/mol. The second kappa shape index (κ2) is 7.79. The number of anilines is 1. The average molecular weight is 411 g/mol. The van der Waals surface area contributed by atoms with E-state index in [0.717, 1.165) is 12.8 Å². The monoisotopic (exact) mass is 411 g/mol. The zero-order valence-corrected chi connectivity index (χ0v) is 17.3. The molecule has 1 aliphatic rings. The van der Waals surface area contributed by atoms with Crippen molar-refractivity contribution in [3.8, 4) is 5.75 Å². The first kappa shape index (κ1) is 19.3. The smallest absolute Gasteiger partial charge is 0.282 e. The first-order chi connectivity index (χ1) is 14.0. The summed E-state index contributed by atoms with van der Waals surface area (Å²) < 4.78 is 11.1. The van der Waals surface area contributed by atoms with E-state index in [9.17, 15) is 9.59 Å². The second-order valence-electron chi connectivity index (χ2n) is 7.04. The lowest BCUT2D eigenvalue weighted by Crippen LogP contribution is -2.34. The molecule has 1 saturated carbocycles. The van der Waals surface area contributed by atoms with Crippen molar-refractivity contribution in [2.24, 2.45) is 0 Å². The van der Waals surface area contributed by atoms with Crippen LogP contribution in [0.1, 0.15) is 56.9 Å². The second-order valence-corrected chi connectivity index (χ2v) is 8.02. The number of hydrogen-bond donors (Lipinski definition) is 0. The topological polar surface area (TPSA) is 85.5 Å². The number of hydrogen-bond acceptors (Lipinski definition) is 7. The Kier molecular flexibility index (Phi) is 5.19. The third kappa shape index (κ3) is 3.93. The van der Waals surface area contributed by atoms with Crippen LogP contribution in [0, 0.1) is 13.8 Å². The SMILES string of the molecule is CC(=O)c1sc(N(C(=O)c2noc(C)c2COc2ccccc2)C2CC2)nc1C. The predicted molar refractivity (Wildman–Crippen MR) is 109 cm³/mol. The van der Waals surface area contributed by atoms with Crippen LogP contribution in [0.3, 0.4) is 0 Å². The molecule has 0 bridgehead atoms. The van der Waals surface area contributed by atoms with Crippen LogP contribution in [0.25, 0.3) is 0 Å². The van der Waals surface area contributed by atoms with Crippen LogP contribution in [0.15, 0.2) is 34.9 Å². The maximum absolute atomic E-state index is 13.4. The Morgan fingerprint density at radius 2 is 1.97 bits per heavy atom. The largest absolute Gasteiger partial charge is 0.489 e. The van der Waals surface area contributed by atoms with Crippen molar-refractivity contribution >= 4 is 28.2 Å². The molecule has 7 nitrogen and oxygen atoms in total. The first-order valence-electron chi connectivity index (χ1n) is 9.40. The Morgan fingerprint density at radius 1 is 1.24 bits per heavy atom. The molecule has 0 N–H and O–H groups in total. The summed E-state index contributed by atoms with van der Waals surface area (Å²) in [5.74, 6) is 0.913. The molecule has 2 aromatic heterocycles. The molecule has 8 heteroatoms. The maximum Gasteiger partial charge on any atom is 0.282 e. The molecule has 0 spiro atoms. The van der Waals surface area contributed by atoms with Gasteiger partial charge in [0, 0.05) is 13.0 Å². The fourth-order valence-electron chi connectivity index (χ4n) is 3.07. The Balaban J connectivity index is 1.62. The number of benzene rings is 1. The van der Waals surface area contributed by atoms with Crippen molar-refractivity contribution in [2.45, 2.75) is 46.3 Å². The molecule has 1 aromatic carbocycles. The highest BCUT2D eigenvalue weighted by Crippen LogP contribution is 2.37. The van der Waals surface area contributed by atoms with Gasteiger partial charge in [0.05, 0.1) is 16.1 Å². The summed E-state index contributed by atoms with van der Waals surface area (Å²) in [6, 6.07) is 9.44. The Morgan fingerprint density at radius 3 is 2.59 bits per heavy atom. The van der Waals surface area contributed by atoms with Gasteiger partial charge in [-0.25, -0.2) is 4.98 Å². The van der Waals surface area contributed by atoms with Crippen molar-refractivity contribution in [1.82, 2.24) is 10.1 Å². The summed E-state index contributed by atoms with van der Waals surface area (Å²) in [5, 5.41) is 4.54. The van der Waals surface area contributed by atoms with Crippen molar-refractivity contribution < 1.29 is 18.8 Å². The highest BCUT2D eigenvalue weighted by molar-refractivity contribution is 7.17. The van der Waals surface area contributed by atoms with E-state index in [1.807, 2.05) is 30.3 Å². The number of amides is 1. The molecule has 0 radical (unpaired) electrons. The predicted octanol–water partition coefficient (Wildman–Crippen LogP) is 4.34. The van der Waals surface area contributed by atoms with E-state index in [-0.39, 0.29) is 30.0 Å². The number of rotatable bonds is 7. The van der Waals surface area contributed by atoms with E-state index in [1.54, 1.807) is 18.7 Å². The third-order valence-corrected chi connectivity index (χ3v) is 6.01. The number of Topliss-reactive ketones (excluding diaryl/α,β-unsaturated/α-hetero) is 1. The molecule has 4 rings (SSSR count). The summed E-state index contributed by atoms with van der Waals surface area (Å²) in [4.78, 5) is 31.9. The molecule has 0 saturated heterocycles. The molecule has 1 aliphatic carbocycles. The number of ketones is 1. The van der Waals surface area contributed by atoms with Crippen LogP contribution in [0.5, 0.6) is 5.75 Å². The molecule has 0 aliphatic heterocycles. The maximum atomic E-state index is 13.4. The molecule has 0 unspecified atom stereocenters. The number of thiazole rings is 1. The number of aromatic nitrogens is 2. The molecule has 150 valence electrons. The molecule has 3 aromatic rings. The van der Waals surface area contributed by atoms with Gasteiger partial charge in [0.2, 0.25) is 0 Å². The van der Waals surface area contributed by atoms with Crippen molar-refractivity contribution in [3.63, 3.8) is 0 Å². The van der Waals surface area contributed by atoms with Crippen LogP contribution in [-0.2, 0) is 6.61 Å². The zero-order chi connectivity index (χ0) is 20.5. The molecule has 1 fully saturated rings. The summed E-state index contributed by atoms with van der Waals surface area (Å²) in [6.45, 7) is 5.23. The Hall–Kier alpha value is -3.00. The number of para-hydroxylation sites is 1. The van der Waals surface area contributed by atoms with Gasteiger partial charge in [-0.2, -0.15) is 0 Å². The van der Waals surface area contributed by atoms with Crippen molar-refractivity contribution in [3.05, 3.63) is 57.9 Å². The van der Waals surface area contributed by atoms with Gasteiger partial charge in [0.25, 0.3) is 5.91 Å². The minimum absolute atomic E-state index is 0.0522. The van der Waals surface area contributed by atoms with Gasteiger partial charge in [-0.3, -0.25) is 14.5 Å². The number of carbonyl (C=O) groups is 2. The molecule has 2 heterocycles. The van der Waals surface area contributed by atoms with Crippen LogP contribution >= 0.6 is 11.3 Å². The summed E-state index contributed by atoms with van der Waals surface area (Å²) in [7, 11) is 0. The van der Waals surface area contributed by atoms with E-state index < -0.39 is 0 Å². The molecule has 29 heavy (non-hydrogen) atoms. The average Bonchev–Trinajstić information content (AvgIpc) is 3.35. The quantitative estimate of drug-likeness (QED) is 0.538. The van der Waals surface area contributed by atoms with Gasteiger partial charge < -0.3 is 9.26 Å². The van der Waals surface area contributed by atoms with Gasteiger partial charge in [-0.1, -0.05) is 34.7 Å². The van der Waals surface area contributed by atoms with E-state index in [0.29, 0.717) is 32.8 Å². The highest BCUT2D eigenvalue weighted by atomic mass is 32.1. The van der Waals surface area contributed by atoms with E-state index in [2.05, 4.69) is 10.1 Å². The molecule has 0 atom stereocenters. The fraction of sp³-hybridized carbons (Fsp3) is 0.333. The lowest BCUT2D eigenvalue weighted by Gasteiger charge is -2.18. The van der Waals surface area contributed by atoms with Crippen molar-refractivity contribution in [2.75, 3.05) is 4.90 Å². The van der Waals surface area contributed by atoms with Crippen LogP contribution in [0.2, 0.25) is 0 Å². The minimum atomic E-state index is -0.278. The van der Waals surface area contributed by atoms with Crippen LogP contribution in [-0.4, -0.2) is 27.9 Å². The van der Waals surface area contributed by atoms with Gasteiger partial charge in [-0.15, -0.1) is 0 Å². The summed E-state index contributed by atoms with van der Waals surface area (Å²) in [6.07, 6.45) is 1.79. The Labute approximate surface area is 172 Å². The molecule has 1 amide bonds. The van der Waals surface area contributed by atoms with Crippen molar-refractivity contribution in [1.29, 1.82) is 0 Å². The highest BCUT2D eigenvalue weighted by Gasteiger charge is 2.39. The van der Waals surface area contributed by atoms with Crippen LogP contribution in [0.4, 0.5) is 5.13 Å². The van der Waals surface area contributed by atoms with Gasteiger partial charge >= 0.3 is 0 Å². The summed E-state index contributed by atoms with van der Waals surface area (Å²) in [5.41, 5.74) is 1.48. The summed E-state index contributed by atoms with van der Waals surface area (Å²) >= 11 is 1.24. The van der Waals surface area contributed by atoms with E-state index in [4.69, 9.17) is 9.26 Å². The minimum Gasteiger partial charge on any atom is -0.489 e. The number of aryl methyl sites for hydroxylation is 2. The lowest BCUT2D eigenvalue weighted by atomic mass is 10.2. The first-order valence-corrected chi connectivity index (χ1v) is 10.2.